The van der Waals surface area contributed by atoms with E-state index in [0.717, 1.165) is 23.8 Å². The van der Waals surface area contributed by atoms with E-state index in [-0.39, 0.29) is 5.02 Å². The number of imidazole rings is 1. The van der Waals surface area contributed by atoms with Crippen LogP contribution in [-0.4, -0.2) is 9.55 Å². The molecular formula is C15H15Cl2FN2. The summed E-state index contributed by atoms with van der Waals surface area (Å²) in [6.07, 6.45) is 5.26. The van der Waals surface area contributed by atoms with Crippen LogP contribution in [0.3, 0.4) is 0 Å². The smallest absolute Gasteiger partial charge is 0.144 e. The second-order valence-electron chi connectivity index (χ2n) is 6.14. The molecule has 0 bridgehead atoms. The molecule has 1 aromatic carbocycles. The van der Waals surface area contributed by atoms with E-state index >= 15 is 0 Å². The third-order valence-electron chi connectivity index (χ3n) is 4.80. The first-order chi connectivity index (χ1) is 9.63. The van der Waals surface area contributed by atoms with Crippen molar-refractivity contribution in [2.24, 2.45) is 11.3 Å². The number of rotatable bonds is 4. The number of nitrogens with zero attached hydrogens (tertiary/aromatic N) is 2. The topological polar surface area (TPSA) is 17.8 Å². The van der Waals surface area contributed by atoms with Crippen LogP contribution in [0.5, 0.6) is 0 Å². The number of alkyl halides is 1. The zero-order valence-corrected chi connectivity index (χ0v) is 12.5. The van der Waals surface area contributed by atoms with Gasteiger partial charge in [-0.15, -0.1) is 11.6 Å². The van der Waals surface area contributed by atoms with Crippen LogP contribution in [0.2, 0.25) is 5.02 Å². The van der Waals surface area contributed by atoms with Crippen molar-refractivity contribution in [3.8, 4) is 0 Å². The van der Waals surface area contributed by atoms with Gasteiger partial charge in [-0.25, -0.2) is 9.37 Å². The van der Waals surface area contributed by atoms with Gasteiger partial charge in [-0.2, -0.15) is 0 Å². The molecule has 2 aliphatic carbocycles. The Kier molecular flexibility index (Phi) is 2.80. The summed E-state index contributed by atoms with van der Waals surface area (Å²) >= 11 is 11.9. The Morgan fingerprint density at radius 2 is 2.10 bits per heavy atom. The molecule has 1 aromatic heterocycles. The second-order valence-corrected chi connectivity index (χ2v) is 6.81. The van der Waals surface area contributed by atoms with Crippen molar-refractivity contribution < 1.29 is 4.39 Å². The molecule has 4 rings (SSSR count). The number of halogens is 3. The highest BCUT2D eigenvalue weighted by Gasteiger charge is 2.54. The van der Waals surface area contributed by atoms with E-state index in [1.807, 2.05) is 0 Å². The maximum atomic E-state index is 13.6. The van der Waals surface area contributed by atoms with Crippen molar-refractivity contribution in [3.63, 3.8) is 0 Å². The van der Waals surface area contributed by atoms with Crippen molar-refractivity contribution in [1.29, 1.82) is 0 Å². The number of aromatic nitrogens is 2. The summed E-state index contributed by atoms with van der Waals surface area (Å²) in [5.41, 5.74) is 1.99. The quantitative estimate of drug-likeness (QED) is 0.744. The van der Waals surface area contributed by atoms with Crippen LogP contribution in [0.4, 0.5) is 4.39 Å². The zero-order chi connectivity index (χ0) is 13.9. The van der Waals surface area contributed by atoms with Crippen LogP contribution < -0.4 is 0 Å². The lowest BCUT2D eigenvalue weighted by Crippen LogP contribution is -2.15. The maximum Gasteiger partial charge on any atom is 0.144 e. The number of fused-ring (bicyclic) bond motifs is 1. The molecular weight excluding hydrogens is 298 g/mol. The molecule has 2 aliphatic rings. The van der Waals surface area contributed by atoms with Crippen molar-refractivity contribution in [2.75, 3.05) is 0 Å². The molecule has 2 fully saturated rings. The van der Waals surface area contributed by atoms with Gasteiger partial charge in [-0.1, -0.05) is 11.6 Å². The molecule has 0 amide bonds. The van der Waals surface area contributed by atoms with Gasteiger partial charge in [0.05, 0.1) is 21.9 Å². The summed E-state index contributed by atoms with van der Waals surface area (Å²) in [5.74, 6) is 1.59. The minimum absolute atomic E-state index is 0.149. The minimum atomic E-state index is -0.423. The Balaban J connectivity index is 1.81. The third-order valence-corrected chi connectivity index (χ3v) is 5.33. The highest BCUT2D eigenvalue weighted by atomic mass is 35.5. The number of benzene rings is 1. The van der Waals surface area contributed by atoms with Crippen LogP contribution in [-0.2, 0) is 12.4 Å². The van der Waals surface area contributed by atoms with Gasteiger partial charge in [0.15, 0.2) is 0 Å². The molecule has 106 valence electrons. The van der Waals surface area contributed by atoms with E-state index in [0.29, 0.717) is 16.8 Å². The van der Waals surface area contributed by atoms with Crippen molar-refractivity contribution in [1.82, 2.24) is 9.55 Å². The Morgan fingerprint density at radius 1 is 1.35 bits per heavy atom. The Bertz CT molecular complexity index is 687. The Hall–Kier alpha value is -0.800. The van der Waals surface area contributed by atoms with Gasteiger partial charge in [0.25, 0.3) is 0 Å². The highest BCUT2D eigenvalue weighted by Crippen LogP contribution is 2.62. The molecule has 0 spiro atoms. The molecule has 0 saturated heterocycles. The molecule has 20 heavy (non-hydrogen) atoms. The monoisotopic (exact) mass is 312 g/mol. The first-order valence-electron chi connectivity index (χ1n) is 7.03. The van der Waals surface area contributed by atoms with Crippen molar-refractivity contribution >= 4 is 34.2 Å². The number of hydrogen-bond donors (Lipinski definition) is 0. The molecule has 0 N–H and O–H groups in total. The molecule has 0 aliphatic heterocycles. The summed E-state index contributed by atoms with van der Waals surface area (Å²) in [6.45, 7) is 0.943. The summed E-state index contributed by atoms with van der Waals surface area (Å²) in [6, 6.07) is 3.08. The molecule has 1 heterocycles. The van der Waals surface area contributed by atoms with Gasteiger partial charge in [-0.3, -0.25) is 0 Å². The van der Waals surface area contributed by atoms with Crippen LogP contribution >= 0.6 is 23.2 Å². The van der Waals surface area contributed by atoms with Gasteiger partial charge >= 0.3 is 0 Å². The summed E-state index contributed by atoms with van der Waals surface area (Å²) < 4.78 is 15.7. The van der Waals surface area contributed by atoms with E-state index in [1.54, 1.807) is 6.07 Å². The van der Waals surface area contributed by atoms with Crippen LogP contribution in [0.15, 0.2) is 12.1 Å². The summed E-state index contributed by atoms with van der Waals surface area (Å²) in [4.78, 5) is 4.46. The molecule has 2 saturated carbocycles. The van der Waals surface area contributed by atoms with Gasteiger partial charge < -0.3 is 4.57 Å². The van der Waals surface area contributed by atoms with E-state index in [1.165, 1.54) is 31.7 Å². The molecule has 0 radical (unpaired) electrons. The van der Waals surface area contributed by atoms with Crippen LogP contribution in [0, 0.1) is 17.2 Å². The standard InChI is InChI=1S/C15H15Cl2FN2/c16-7-14-19-12-6-11(18)10(17)5-13(12)20(14)8-15(3-4-15)9-1-2-9/h5-6,9H,1-4,7-8H2. The SMILES string of the molecule is Fc1cc2nc(CCl)n(CC3(C4CC4)CC3)c2cc1Cl. The molecule has 0 unspecified atom stereocenters. The van der Waals surface area contributed by atoms with Gasteiger partial charge in [0, 0.05) is 12.6 Å². The van der Waals surface area contributed by atoms with E-state index < -0.39 is 5.82 Å². The molecule has 2 aromatic rings. The van der Waals surface area contributed by atoms with Gasteiger partial charge in [0.1, 0.15) is 11.6 Å². The predicted molar refractivity (Wildman–Crippen MR) is 78.6 cm³/mol. The summed E-state index contributed by atoms with van der Waals surface area (Å²) in [7, 11) is 0. The fourth-order valence-corrected chi connectivity index (χ4v) is 3.68. The fraction of sp³-hybridized carbons (Fsp3) is 0.533. The zero-order valence-electron chi connectivity index (χ0n) is 11.0. The largest absolute Gasteiger partial charge is 0.326 e. The van der Waals surface area contributed by atoms with Crippen LogP contribution in [0.25, 0.3) is 11.0 Å². The Morgan fingerprint density at radius 3 is 2.70 bits per heavy atom. The average Bonchev–Trinajstić information content (AvgIpc) is 3.30. The van der Waals surface area contributed by atoms with E-state index in [2.05, 4.69) is 9.55 Å². The van der Waals surface area contributed by atoms with Gasteiger partial charge in [-0.05, 0) is 43.1 Å². The van der Waals surface area contributed by atoms with Crippen molar-refractivity contribution in [2.45, 2.75) is 38.1 Å². The first-order valence-corrected chi connectivity index (χ1v) is 7.94. The molecule has 5 heteroatoms. The van der Waals surface area contributed by atoms with Crippen molar-refractivity contribution in [3.05, 3.63) is 28.8 Å². The Labute approximate surface area is 126 Å². The lowest BCUT2D eigenvalue weighted by atomic mass is 10.0. The summed E-state index contributed by atoms with van der Waals surface area (Å²) in [5, 5.41) is 0.149. The third kappa shape index (κ3) is 1.94. The fourth-order valence-electron chi connectivity index (χ4n) is 3.32. The van der Waals surface area contributed by atoms with Crippen LogP contribution in [0.1, 0.15) is 31.5 Å². The highest BCUT2D eigenvalue weighted by molar-refractivity contribution is 6.31. The van der Waals surface area contributed by atoms with E-state index in [4.69, 9.17) is 23.2 Å². The van der Waals surface area contributed by atoms with E-state index in [9.17, 15) is 4.39 Å². The molecule has 2 nitrogen and oxygen atoms in total. The van der Waals surface area contributed by atoms with Gasteiger partial charge in [0.2, 0.25) is 0 Å². The normalized spacial score (nSPS) is 20.6. The lowest BCUT2D eigenvalue weighted by Gasteiger charge is -2.17. The first kappa shape index (κ1) is 12.9. The molecule has 0 atom stereocenters. The maximum absolute atomic E-state index is 13.6. The second kappa shape index (κ2) is 4.35. The average molecular weight is 313 g/mol. The minimum Gasteiger partial charge on any atom is -0.326 e. The predicted octanol–water partition coefficient (Wildman–Crippen LogP) is 4.76. The number of hydrogen-bond acceptors (Lipinski definition) is 1. The lowest BCUT2D eigenvalue weighted by molar-refractivity contribution is 0.371.